The lowest BCUT2D eigenvalue weighted by atomic mass is 9.96. The molecule has 1 aromatic carbocycles. The lowest BCUT2D eigenvalue weighted by Gasteiger charge is -2.18. The molecule has 0 saturated carbocycles. The van der Waals surface area contributed by atoms with Gasteiger partial charge in [0, 0.05) is 18.7 Å². The fraction of sp³-hybridized carbons (Fsp3) is 0.467. The average Bonchev–Trinajstić information content (AvgIpc) is 2.93. The molecule has 126 valence electrons. The van der Waals surface area contributed by atoms with Crippen molar-refractivity contribution in [1.29, 1.82) is 0 Å². The molecular weight excluding hydrogens is 315 g/mol. The minimum atomic E-state index is -4.66. The predicted octanol–water partition coefficient (Wildman–Crippen LogP) is 2.42. The van der Waals surface area contributed by atoms with Gasteiger partial charge in [0.1, 0.15) is 5.75 Å². The molecule has 1 aliphatic heterocycles. The molecule has 0 aromatic heterocycles. The number of carbonyl (C=O) groups excluding carboxylic acids is 1. The normalized spacial score (nSPS) is 21.3. The van der Waals surface area contributed by atoms with Crippen molar-refractivity contribution >= 4 is 11.9 Å². The summed E-state index contributed by atoms with van der Waals surface area (Å²) in [5.74, 6) is -5.31. The van der Waals surface area contributed by atoms with E-state index in [2.05, 4.69) is 0 Å². The van der Waals surface area contributed by atoms with Gasteiger partial charge in [-0.05, 0) is 31.2 Å². The number of rotatable bonds is 4. The molecule has 1 aromatic rings. The maximum Gasteiger partial charge on any atom is 0.394 e. The number of halogens is 3. The number of benzene rings is 1. The van der Waals surface area contributed by atoms with E-state index in [1.165, 1.54) is 12.1 Å². The number of alkyl halides is 3. The number of carbonyl (C=O) groups is 2. The van der Waals surface area contributed by atoms with Gasteiger partial charge in [0.25, 0.3) is 5.91 Å². The lowest BCUT2D eigenvalue weighted by molar-refractivity contribution is -0.187. The summed E-state index contributed by atoms with van der Waals surface area (Å²) in [5, 5.41) is 8.96. The van der Waals surface area contributed by atoms with Crippen LogP contribution >= 0.6 is 0 Å². The third-order valence-corrected chi connectivity index (χ3v) is 3.76. The van der Waals surface area contributed by atoms with E-state index < -0.39 is 43.0 Å². The Hall–Kier alpha value is -2.25. The first-order valence-corrected chi connectivity index (χ1v) is 7.05. The van der Waals surface area contributed by atoms with Crippen LogP contribution in [-0.4, -0.2) is 47.8 Å². The summed E-state index contributed by atoms with van der Waals surface area (Å²) in [4.78, 5) is 24.2. The number of likely N-dealkylation sites (tertiary alicyclic amines) is 1. The zero-order chi connectivity index (χ0) is 17.2. The minimum Gasteiger partial charge on any atom is -0.494 e. The SMILES string of the molecule is CCOc1ccc(C(=O)N2C[C@@H](C(F)(F)F)[C@H](C(=O)O)C2)cc1. The first kappa shape index (κ1) is 17.1. The Bertz CT molecular complexity index is 585. The molecule has 8 heteroatoms. The predicted molar refractivity (Wildman–Crippen MR) is 74.2 cm³/mol. The number of amides is 1. The second-order valence-corrected chi connectivity index (χ2v) is 5.26. The quantitative estimate of drug-likeness (QED) is 0.920. The van der Waals surface area contributed by atoms with Crippen LogP contribution in [0.15, 0.2) is 24.3 Å². The molecular formula is C15H16F3NO4. The van der Waals surface area contributed by atoms with E-state index in [9.17, 15) is 22.8 Å². The molecule has 0 radical (unpaired) electrons. The molecule has 2 atom stereocenters. The number of hydrogen-bond donors (Lipinski definition) is 1. The van der Waals surface area contributed by atoms with Gasteiger partial charge in [-0.15, -0.1) is 0 Å². The summed E-state index contributed by atoms with van der Waals surface area (Å²) in [5.41, 5.74) is 0.195. The van der Waals surface area contributed by atoms with Gasteiger partial charge in [-0.25, -0.2) is 0 Å². The molecule has 1 aliphatic rings. The van der Waals surface area contributed by atoms with Crippen LogP contribution in [0.4, 0.5) is 13.2 Å². The van der Waals surface area contributed by atoms with Crippen LogP contribution in [-0.2, 0) is 4.79 Å². The second-order valence-electron chi connectivity index (χ2n) is 5.26. The van der Waals surface area contributed by atoms with E-state index in [0.717, 1.165) is 4.90 Å². The molecule has 2 rings (SSSR count). The summed E-state index contributed by atoms with van der Waals surface area (Å²) in [6.45, 7) is 1.15. The number of hydrogen-bond acceptors (Lipinski definition) is 3. The van der Waals surface area contributed by atoms with Gasteiger partial charge in [-0.3, -0.25) is 9.59 Å². The van der Waals surface area contributed by atoms with Crippen molar-refractivity contribution in [1.82, 2.24) is 4.90 Å². The van der Waals surface area contributed by atoms with Crippen LogP contribution in [0.1, 0.15) is 17.3 Å². The molecule has 23 heavy (non-hydrogen) atoms. The fourth-order valence-corrected chi connectivity index (χ4v) is 2.59. The van der Waals surface area contributed by atoms with E-state index in [1.807, 2.05) is 0 Å². The molecule has 1 N–H and O–H groups in total. The van der Waals surface area contributed by atoms with Gasteiger partial charge in [0.05, 0.1) is 18.4 Å². The van der Waals surface area contributed by atoms with E-state index >= 15 is 0 Å². The molecule has 0 bridgehead atoms. The Kier molecular flexibility index (Phi) is 4.82. The smallest absolute Gasteiger partial charge is 0.394 e. The molecule has 1 heterocycles. The maximum atomic E-state index is 12.9. The van der Waals surface area contributed by atoms with Crippen molar-refractivity contribution in [3.8, 4) is 5.75 Å². The number of aliphatic carboxylic acids is 1. The Morgan fingerprint density at radius 3 is 2.30 bits per heavy atom. The van der Waals surface area contributed by atoms with Gasteiger partial charge in [0.15, 0.2) is 0 Å². The molecule has 1 fully saturated rings. The van der Waals surface area contributed by atoms with Crippen molar-refractivity contribution < 1.29 is 32.6 Å². The third kappa shape index (κ3) is 3.75. The topological polar surface area (TPSA) is 66.8 Å². The van der Waals surface area contributed by atoms with Crippen LogP contribution in [0, 0.1) is 11.8 Å². The fourth-order valence-electron chi connectivity index (χ4n) is 2.59. The van der Waals surface area contributed by atoms with Crippen molar-refractivity contribution in [2.75, 3.05) is 19.7 Å². The number of carboxylic acid groups (broad SMARTS) is 1. The first-order chi connectivity index (χ1) is 10.7. The molecule has 0 spiro atoms. The summed E-state index contributed by atoms with van der Waals surface area (Å²) < 4.78 is 44.0. The molecule has 1 amide bonds. The molecule has 0 unspecified atom stereocenters. The number of carboxylic acids is 1. The molecule has 0 aliphatic carbocycles. The van der Waals surface area contributed by atoms with Gasteiger partial charge >= 0.3 is 12.1 Å². The molecule has 5 nitrogen and oxygen atoms in total. The Labute approximate surface area is 130 Å². The van der Waals surface area contributed by atoms with E-state index in [-0.39, 0.29) is 5.56 Å². The first-order valence-electron chi connectivity index (χ1n) is 7.05. The van der Waals surface area contributed by atoms with Crippen molar-refractivity contribution in [2.45, 2.75) is 13.1 Å². The van der Waals surface area contributed by atoms with Crippen LogP contribution in [0.25, 0.3) is 0 Å². The minimum absolute atomic E-state index is 0.195. The van der Waals surface area contributed by atoms with Gasteiger partial charge in [-0.2, -0.15) is 13.2 Å². The number of ether oxygens (including phenoxy) is 1. The summed E-state index contributed by atoms with van der Waals surface area (Å²) in [7, 11) is 0. The summed E-state index contributed by atoms with van der Waals surface area (Å²) in [6, 6.07) is 5.99. The standard InChI is InChI=1S/C15H16F3NO4/c1-2-23-10-5-3-9(4-6-10)13(20)19-7-11(14(21)22)12(8-19)15(16,17)18/h3-6,11-12H,2,7-8H2,1H3,(H,21,22)/t11-,12-/m1/s1. The average molecular weight is 331 g/mol. The van der Waals surface area contributed by atoms with Crippen LogP contribution in [0.5, 0.6) is 5.75 Å². The van der Waals surface area contributed by atoms with E-state index in [1.54, 1.807) is 19.1 Å². The summed E-state index contributed by atoms with van der Waals surface area (Å²) >= 11 is 0. The highest BCUT2D eigenvalue weighted by Gasteiger charge is 2.53. The Morgan fingerprint density at radius 2 is 1.87 bits per heavy atom. The van der Waals surface area contributed by atoms with E-state index in [0.29, 0.717) is 12.4 Å². The largest absolute Gasteiger partial charge is 0.494 e. The lowest BCUT2D eigenvalue weighted by Crippen LogP contribution is -2.34. The zero-order valence-electron chi connectivity index (χ0n) is 12.3. The van der Waals surface area contributed by atoms with Crippen LogP contribution in [0.2, 0.25) is 0 Å². The van der Waals surface area contributed by atoms with Crippen molar-refractivity contribution in [2.24, 2.45) is 11.8 Å². The van der Waals surface area contributed by atoms with Gasteiger partial charge in [0.2, 0.25) is 0 Å². The monoisotopic (exact) mass is 331 g/mol. The number of nitrogens with zero attached hydrogens (tertiary/aromatic N) is 1. The summed E-state index contributed by atoms with van der Waals surface area (Å²) in [6.07, 6.45) is -4.66. The highest BCUT2D eigenvalue weighted by atomic mass is 19.4. The van der Waals surface area contributed by atoms with E-state index in [4.69, 9.17) is 9.84 Å². The van der Waals surface area contributed by atoms with Gasteiger partial charge in [-0.1, -0.05) is 0 Å². The third-order valence-electron chi connectivity index (χ3n) is 3.76. The Balaban J connectivity index is 2.15. The highest BCUT2D eigenvalue weighted by Crippen LogP contribution is 2.38. The highest BCUT2D eigenvalue weighted by molar-refractivity contribution is 5.95. The Morgan fingerprint density at radius 1 is 1.26 bits per heavy atom. The maximum absolute atomic E-state index is 12.9. The molecule has 1 saturated heterocycles. The van der Waals surface area contributed by atoms with Gasteiger partial charge < -0.3 is 14.7 Å². The van der Waals surface area contributed by atoms with Crippen LogP contribution in [0.3, 0.4) is 0 Å². The van der Waals surface area contributed by atoms with Crippen molar-refractivity contribution in [3.05, 3.63) is 29.8 Å². The zero-order valence-corrected chi connectivity index (χ0v) is 12.3. The van der Waals surface area contributed by atoms with Crippen molar-refractivity contribution in [3.63, 3.8) is 0 Å². The second kappa shape index (κ2) is 6.47. The van der Waals surface area contributed by atoms with Crippen LogP contribution < -0.4 is 4.74 Å².